The van der Waals surface area contributed by atoms with E-state index in [1.54, 1.807) is 11.3 Å². The topological polar surface area (TPSA) is 49.3 Å². The van der Waals surface area contributed by atoms with E-state index in [1.807, 2.05) is 24.0 Å². The van der Waals surface area contributed by atoms with E-state index in [2.05, 4.69) is 45.0 Å². The van der Waals surface area contributed by atoms with Crippen LogP contribution in [0.2, 0.25) is 0 Å². The third-order valence-corrected chi connectivity index (χ3v) is 5.69. The standard InChI is InChI=1S/C20H22N4OS/c1-23-4-6-24(7-5-23)13-19(25)10-18-9-17-8-15(20-12-21-14-26-20)2-3-16(17)11-22-18/h2-3,8-9,11-12,14H,4-7,10,13H2,1H3. The lowest BCUT2D eigenvalue weighted by atomic mass is 10.1. The zero-order chi connectivity index (χ0) is 17.9. The van der Waals surface area contributed by atoms with Crippen molar-refractivity contribution < 1.29 is 4.79 Å². The predicted molar refractivity (Wildman–Crippen MR) is 105 cm³/mol. The molecule has 1 aliphatic rings. The maximum atomic E-state index is 12.5. The summed E-state index contributed by atoms with van der Waals surface area (Å²) in [7, 11) is 2.12. The van der Waals surface area contributed by atoms with Crippen molar-refractivity contribution in [3.05, 3.63) is 47.9 Å². The summed E-state index contributed by atoms with van der Waals surface area (Å²) in [5.41, 5.74) is 3.84. The Morgan fingerprint density at radius 1 is 1.12 bits per heavy atom. The molecule has 134 valence electrons. The van der Waals surface area contributed by atoms with Crippen molar-refractivity contribution in [2.45, 2.75) is 6.42 Å². The first-order valence-corrected chi connectivity index (χ1v) is 9.75. The number of benzene rings is 1. The Morgan fingerprint density at radius 3 is 2.73 bits per heavy atom. The number of ketones is 1. The van der Waals surface area contributed by atoms with Gasteiger partial charge in [-0.15, -0.1) is 11.3 Å². The molecule has 3 heterocycles. The summed E-state index contributed by atoms with van der Waals surface area (Å²) in [6.45, 7) is 4.51. The van der Waals surface area contributed by atoms with Gasteiger partial charge in [0, 0.05) is 49.7 Å². The molecular formula is C20H22N4OS. The van der Waals surface area contributed by atoms with Crippen LogP contribution in [0.15, 0.2) is 42.2 Å². The van der Waals surface area contributed by atoms with Crippen molar-refractivity contribution in [3.63, 3.8) is 0 Å². The van der Waals surface area contributed by atoms with Gasteiger partial charge in [-0.3, -0.25) is 19.7 Å². The van der Waals surface area contributed by atoms with E-state index >= 15 is 0 Å². The van der Waals surface area contributed by atoms with Crippen LogP contribution < -0.4 is 0 Å². The van der Waals surface area contributed by atoms with E-state index in [-0.39, 0.29) is 5.78 Å². The molecule has 1 saturated heterocycles. The van der Waals surface area contributed by atoms with Crippen LogP contribution in [0.3, 0.4) is 0 Å². The number of fused-ring (bicyclic) bond motifs is 1. The SMILES string of the molecule is CN1CCN(CC(=O)Cc2cc3cc(-c4cncs4)ccc3cn2)CC1. The lowest BCUT2D eigenvalue weighted by molar-refractivity contribution is -0.120. The van der Waals surface area contributed by atoms with Crippen molar-refractivity contribution in [1.82, 2.24) is 19.8 Å². The number of hydrogen-bond acceptors (Lipinski definition) is 6. The average molecular weight is 366 g/mol. The molecule has 26 heavy (non-hydrogen) atoms. The third-order valence-electron chi connectivity index (χ3n) is 4.87. The van der Waals surface area contributed by atoms with Gasteiger partial charge < -0.3 is 4.90 Å². The summed E-state index contributed by atoms with van der Waals surface area (Å²) in [5, 5.41) is 2.21. The third kappa shape index (κ3) is 3.98. The summed E-state index contributed by atoms with van der Waals surface area (Å²) in [6.07, 6.45) is 4.14. The molecule has 5 nitrogen and oxygen atoms in total. The van der Waals surface area contributed by atoms with E-state index in [4.69, 9.17) is 0 Å². The molecule has 3 aromatic rings. The molecule has 6 heteroatoms. The smallest absolute Gasteiger partial charge is 0.152 e. The molecule has 1 fully saturated rings. The molecule has 0 radical (unpaired) electrons. The molecule has 0 unspecified atom stereocenters. The van der Waals surface area contributed by atoms with Gasteiger partial charge in [-0.05, 0) is 30.1 Å². The van der Waals surface area contributed by atoms with Crippen LogP contribution in [0, 0.1) is 0 Å². The van der Waals surface area contributed by atoms with E-state index in [9.17, 15) is 4.79 Å². The molecule has 0 amide bonds. The van der Waals surface area contributed by atoms with Crippen molar-refractivity contribution in [3.8, 4) is 10.4 Å². The van der Waals surface area contributed by atoms with Gasteiger partial charge in [0.2, 0.25) is 0 Å². The molecule has 0 aliphatic carbocycles. The second-order valence-electron chi connectivity index (χ2n) is 6.90. The van der Waals surface area contributed by atoms with Crippen LogP contribution in [0.4, 0.5) is 0 Å². The highest BCUT2D eigenvalue weighted by molar-refractivity contribution is 7.13. The van der Waals surface area contributed by atoms with Crippen molar-refractivity contribution >= 4 is 27.9 Å². The lowest BCUT2D eigenvalue weighted by Gasteiger charge is -2.31. The number of carbonyl (C=O) groups is 1. The first-order chi connectivity index (χ1) is 12.7. The maximum Gasteiger partial charge on any atom is 0.152 e. The van der Waals surface area contributed by atoms with Crippen LogP contribution in [0.1, 0.15) is 5.69 Å². The van der Waals surface area contributed by atoms with E-state index < -0.39 is 0 Å². The fourth-order valence-electron chi connectivity index (χ4n) is 3.31. The second-order valence-corrected chi connectivity index (χ2v) is 7.78. The van der Waals surface area contributed by atoms with Crippen LogP contribution in [0.25, 0.3) is 21.2 Å². The minimum Gasteiger partial charge on any atom is -0.304 e. The van der Waals surface area contributed by atoms with Gasteiger partial charge in [-0.1, -0.05) is 12.1 Å². The summed E-state index contributed by atoms with van der Waals surface area (Å²) in [6, 6.07) is 8.36. The number of thiazole rings is 1. The average Bonchev–Trinajstić information content (AvgIpc) is 3.18. The Hall–Kier alpha value is -2.15. The zero-order valence-corrected chi connectivity index (χ0v) is 15.7. The molecule has 1 aromatic carbocycles. The highest BCUT2D eigenvalue weighted by Crippen LogP contribution is 2.27. The van der Waals surface area contributed by atoms with Crippen LogP contribution in [-0.4, -0.2) is 65.3 Å². The number of pyridine rings is 1. The Bertz CT molecular complexity index is 901. The molecule has 0 saturated carbocycles. The van der Waals surface area contributed by atoms with E-state index in [1.165, 1.54) is 0 Å². The number of aromatic nitrogens is 2. The number of hydrogen-bond donors (Lipinski definition) is 0. The molecular weight excluding hydrogens is 344 g/mol. The Morgan fingerprint density at radius 2 is 1.96 bits per heavy atom. The normalized spacial score (nSPS) is 16.2. The van der Waals surface area contributed by atoms with Crippen molar-refractivity contribution in [2.75, 3.05) is 39.8 Å². The molecule has 4 rings (SSSR count). The number of likely N-dealkylation sites (N-methyl/N-ethyl adjacent to an activating group) is 1. The number of rotatable bonds is 5. The molecule has 2 aromatic heterocycles. The van der Waals surface area contributed by atoms with Crippen LogP contribution in [0.5, 0.6) is 0 Å². The summed E-state index contributed by atoms with van der Waals surface area (Å²) in [5.74, 6) is 0.236. The number of carbonyl (C=O) groups excluding carboxylic acids is 1. The summed E-state index contributed by atoms with van der Waals surface area (Å²) < 4.78 is 0. The van der Waals surface area contributed by atoms with Crippen LogP contribution in [-0.2, 0) is 11.2 Å². The van der Waals surface area contributed by atoms with Crippen LogP contribution >= 0.6 is 11.3 Å². The Labute approximate surface area is 157 Å². The van der Waals surface area contributed by atoms with E-state index in [0.29, 0.717) is 13.0 Å². The molecule has 0 spiro atoms. The molecule has 0 N–H and O–H groups in total. The highest BCUT2D eigenvalue weighted by Gasteiger charge is 2.17. The van der Waals surface area contributed by atoms with E-state index in [0.717, 1.165) is 53.1 Å². The van der Waals surface area contributed by atoms with Gasteiger partial charge in [-0.2, -0.15) is 0 Å². The quantitative estimate of drug-likeness (QED) is 0.695. The van der Waals surface area contributed by atoms with Crippen molar-refractivity contribution in [1.29, 1.82) is 0 Å². The minimum absolute atomic E-state index is 0.236. The van der Waals surface area contributed by atoms with Gasteiger partial charge in [0.15, 0.2) is 5.78 Å². The van der Waals surface area contributed by atoms with Gasteiger partial charge in [0.25, 0.3) is 0 Å². The Balaban J connectivity index is 1.47. The monoisotopic (exact) mass is 366 g/mol. The maximum absolute atomic E-state index is 12.5. The highest BCUT2D eigenvalue weighted by atomic mass is 32.1. The summed E-state index contributed by atoms with van der Waals surface area (Å²) >= 11 is 1.63. The largest absolute Gasteiger partial charge is 0.304 e. The fourth-order valence-corrected chi connectivity index (χ4v) is 3.93. The molecule has 0 bridgehead atoms. The first kappa shape index (κ1) is 17.3. The van der Waals surface area contributed by atoms with Gasteiger partial charge >= 0.3 is 0 Å². The first-order valence-electron chi connectivity index (χ1n) is 8.87. The zero-order valence-electron chi connectivity index (χ0n) is 14.9. The number of piperazine rings is 1. The molecule has 1 aliphatic heterocycles. The van der Waals surface area contributed by atoms with Gasteiger partial charge in [0.1, 0.15) is 0 Å². The number of nitrogens with zero attached hydrogens (tertiary/aromatic N) is 4. The Kier molecular flexibility index (Phi) is 5.06. The number of Topliss-reactive ketones (excluding diaryl/α,β-unsaturated/α-hetero) is 1. The van der Waals surface area contributed by atoms with Gasteiger partial charge in [-0.25, -0.2) is 0 Å². The van der Waals surface area contributed by atoms with Crippen molar-refractivity contribution in [2.24, 2.45) is 0 Å². The lowest BCUT2D eigenvalue weighted by Crippen LogP contribution is -2.46. The second kappa shape index (κ2) is 7.61. The predicted octanol–water partition coefficient (Wildman–Crippen LogP) is 2.72. The summed E-state index contributed by atoms with van der Waals surface area (Å²) in [4.78, 5) is 26.8. The minimum atomic E-state index is 0.236. The van der Waals surface area contributed by atoms with Gasteiger partial charge in [0.05, 0.1) is 23.4 Å². The molecule has 0 atom stereocenters. The fraction of sp³-hybridized carbons (Fsp3) is 0.350.